The molecule has 1 saturated carbocycles. The van der Waals surface area contributed by atoms with E-state index in [1.54, 1.807) is 27.7 Å². The first-order valence-electron chi connectivity index (χ1n) is 14.5. The van der Waals surface area contributed by atoms with Crippen molar-refractivity contribution in [2.75, 3.05) is 16.8 Å². The zero-order chi connectivity index (χ0) is 35.9. The third-order valence-corrected chi connectivity index (χ3v) is 8.62. The van der Waals surface area contributed by atoms with Crippen molar-refractivity contribution in [3.63, 3.8) is 0 Å². The van der Waals surface area contributed by atoms with Crippen molar-refractivity contribution in [3.8, 4) is 0 Å². The fourth-order valence-corrected chi connectivity index (χ4v) is 6.18. The Morgan fingerprint density at radius 2 is 1.60 bits per heavy atom. The van der Waals surface area contributed by atoms with Crippen LogP contribution in [0, 0.1) is 23.4 Å². The maximum absolute atomic E-state index is 15.7. The van der Waals surface area contributed by atoms with Gasteiger partial charge in [-0.15, -0.1) is 23.2 Å². The van der Waals surface area contributed by atoms with Crippen molar-refractivity contribution >= 4 is 64.0 Å². The van der Waals surface area contributed by atoms with Gasteiger partial charge in [0.1, 0.15) is 27.3 Å². The first-order valence-corrected chi connectivity index (χ1v) is 15.7. The molecule has 1 aliphatic rings. The molecule has 258 valence electrons. The van der Waals surface area contributed by atoms with E-state index in [1.165, 1.54) is 18.2 Å². The van der Waals surface area contributed by atoms with E-state index in [-0.39, 0.29) is 33.9 Å². The van der Waals surface area contributed by atoms with E-state index in [2.05, 4.69) is 5.32 Å². The molecule has 1 fully saturated rings. The van der Waals surface area contributed by atoms with Gasteiger partial charge in [0.15, 0.2) is 11.6 Å². The summed E-state index contributed by atoms with van der Waals surface area (Å²) >= 11 is 18.8. The van der Waals surface area contributed by atoms with Gasteiger partial charge in [0.2, 0.25) is 5.91 Å². The summed E-state index contributed by atoms with van der Waals surface area (Å²) in [5.74, 6) is -7.60. The predicted molar refractivity (Wildman–Crippen MR) is 170 cm³/mol. The Balaban J connectivity index is 1.56. The Morgan fingerprint density at radius 1 is 0.958 bits per heavy atom. The van der Waals surface area contributed by atoms with Crippen molar-refractivity contribution in [1.82, 2.24) is 0 Å². The number of ketones is 1. The van der Waals surface area contributed by atoms with Crippen LogP contribution in [0.5, 0.6) is 0 Å². The van der Waals surface area contributed by atoms with Crippen LogP contribution in [0.4, 0.5) is 42.5 Å². The molecular formula is C33H29Cl3F6N2O4. The number of halogens is 9. The normalized spacial score (nSPS) is 17.1. The molecule has 0 heterocycles. The van der Waals surface area contributed by atoms with E-state index in [1.807, 2.05) is 0 Å². The van der Waals surface area contributed by atoms with Gasteiger partial charge in [-0.3, -0.25) is 14.5 Å². The lowest BCUT2D eigenvalue weighted by Gasteiger charge is -2.28. The average Bonchev–Trinajstić information content (AvgIpc) is 3.55. The molecule has 4 rings (SSSR count). The van der Waals surface area contributed by atoms with Gasteiger partial charge < -0.3 is 10.1 Å². The highest BCUT2D eigenvalue weighted by molar-refractivity contribution is 6.53. The van der Waals surface area contributed by atoms with Crippen molar-refractivity contribution in [2.45, 2.75) is 62.6 Å². The van der Waals surface area contributed by atoms with Crippen LogP contribution in [-0.4, -0.2) is 34.3 Å². The number of anilines is 2. The Morgan fingerprint density at radius 3 is 2.21 bits per heavy atom. The molecule has 0 unspecified atom stereocenters. The van der Waals surface area contributed by atoms with Crippen LogP contribution >= 0.6 is 34.8 Å². The standard InChI is InChI=1S/C33H29Cl3F6N2O4/c1-5-12-44(30(47)48-31(2,3)4)28-23(38)11-7-17(27(28)39)14-24(45)19-15-18(8-9-21(19)34)43-29(46)26-25(32(26,35)36)16-6-10-22(37)20(13-16)33(40,41)42/h6-11,13,15,25-26H,5,12,14H2,1-4H3,(H,43,46)/t25-,26+/m0/s1. The molecule has 1 aliphatic carbocycles. The van der Waals surface area contributed by atoms with Crippen LogP contribution in [0.15, 0.2) is 48.5 Å². The van der Waals surface area contributed by atoms with Crippen LogP contribution in [0.25, 0.3) is 0 Å². The second-order valence-electron chi connectivity index (χ2n) is 12.2. The van der Waals surface area contributed by atoms with Crippen molar-refractivity contribution < 1.29 is 45.5 Å². The Kier molecular flexibility index (Phi) is 10.7. The van der Waals surface area contributed by atoms with Crippen LogP contribution in [0.3, 0.4) is 0 Å². The summed E-state index contributed by atoms with van der Waals surface area (Å²) in [5, 5.41) is 2.42. The maximum atomic E-state index is 15.7. The number of carbonyl (C=O) groups excluding carboxylic acids is 3. The molecule has 1 N–H and O–H groups in total. The largest absolute Gasteiger partial charge is 0.443 e. The van der Waals surface area contributed by atoms with Crippen LogP contribution in [0.2, 0.25) is 5.02 Å². The number of hydrogen-bond donors (Lipinski definition) is 1. The summed E-state index contributed by atoms with van der Waals surface area (Å²) in [5.41, 5.74) is -3.66. The van der Waals surface area contributed by atoms with E-state index in [0.29, 0.717) is 18.6 Å². The number of hydrogen-bond acceptors (Lipinski definition) is 4. The second kappa shape index (κ2) is 13.8. The Hall–Kier alpha value is -3.48. The third kappa shape index (κ3) is 8.03. The number of amides is 2. The van der Waals surface area contributed by atoms with Gasteiger partial charge in [-0.2, -0.15) is 13.2 Å². The molecule has 3 aromatic rings. The molecule has 0 aliphatic heterocycles. The summed E-state index contributed by atoms with van der Waals surface area (Å²) in [6, 6.07) is 7.97. The molecule has 15 heteroatoms. The SMILES string of the molecule is CCCN(C(=O)OC(C)(C)C)c1c(F)ccc(CC(=O)c2cc(NC(=O)[C@H]3[C@H](c4ccc(F)c(C(F)(F)F)c4)C3(Cl)Cl)ccc2Cl)c1F. The van der Waals surface area contributed by atoms with Gasteiger partial charge in [-0.1, -0.05) is 30.7 Å². The molecule has 0 radical (unpaired) electrons. The molecule has 0 saturated heterocycles. The van der Waals surface area contributed by atoms with E-state index >= 15 is 4.39 Å². The highest BCUT2D eigenvalue weighted by Gasteiger charge is 2.67. The number of rotatable bonds is 9. The van der Waals surface area contributed by atoms with Gasteiger partial charge >= 0.3 is 12.3 Å². The molecule has 6 nitrogen and oxygen atoms in total. The molecule has 2 atom stereocenters. The number of benzene rings is 3. The van der Waals surface area contributed by atoms with Gasteiger partial charge in [0.05, 0.1) is 16.5 Å². The summed E-state index contributed by atoms with van der Waals surface area (Å²) in [7, 11) is 0. The molecule has 2 amide bonds. The van der Waals surface area contributed by atoms with Crippen LogP contribution in [0.1, 0.15) is 67.1 Å². The average molecular weight is 738 g/mol. The molecule has 3 aromatic carbocycles. The quantitative estimate of drug-likeness (QED) is 0.135. The number of Topliss-reactive ketones (excluding diaryl/α,β-unsaturated/α-hetero) is 1. The lowest BCUT2D eigenvalue weighted by Crippen LogP contribution is -2.38. The highest BCUT2D eigenvalue weighted by atomic mass is 35.5. The van der Waals surface area contributed by atoms with Crippen LogP contribution in [-0.2, 0) is 22.1 Å². The van der Waals surface area contributed by atoms with E-state index in [4.69, 9.17) is 39.5 Å². The van der Waals surface area contributed by atoms with Crippen molar-refractivity contribution in [3.05, 3.63) is 93.3 Å². The third-order valence-electron chi connectivity index (χ3n) is 7.35. The highest BCUT2D eigenvalue weighted by Crippen LogP contribution is 2.65. The zero-order valence-corrected chi connectivity index (χ0v) is 28.1. The molecule has 0 bridgehead atoms. The first-order chi connectivity index (χ1) is 22.2. The number of alkyl halides is 5. The van der Waals surface area contributed by atoms with E-state index < -0.39 is 80.9 Å². The minimum atomic E-state index is -4.99. The molecule has 0 aromatic heterocycles. The number of ether oxygens (including phenoxy) is 1. The van der Waals surface area contributed by atoms with Crippen LogP contribution < -0.4 is 10.2 Å². The molecule has 48 heavy (non-hydrogen) atoms. The number of carbonyl (C=O) groups is 3. The number of nitrogens with one attached hydrogen (secondary N) is 1. The Bertz CT molecular complexity index is 1760. The summed E-state index contributed by atoms with van der Waals surface area (Å²) in [4.78, 5) is 40.1. The summed E-state index contributed by atoms with van der Waals surface area (Å²) < 4.78 is 87.7. The molecular weight excluding hydrogens is 709 g/mol. The van der Waals surface area contributed by atoms with E-state index in [0.717, 1.165) is 23.1 Å². The smallest absolute Gasteiger partial charge is 0.419 e. The Labute approximate surface area is 287 Å². The lowest BCUT2D eigenvalue weighted by molar-refractivity contribution is -0.140. The first kappa shape index (κ1) is 37.3. The minimum Gasteiger partial charge on any atom is -0.443 e. The monoisotopic (exact) mass is 736 g/mol. The second-order valence-corrected chi connectivity index (χ2v) is 14.0. The zero-order valence-electron chi connectivity index (χ0n) is 25.9. The van der Waals surface area contributed by atoms with Gasteiger partial charge in [-0.05, 0) is 74.7 Å². The van der Waals surface area contributed by atoms with Gasteiger partial charge in [-0.25, -0.2) is 18.0 Å². The van der Waals surface area contributed by atoms with Gasteiger partial charge in [0, 0.05) is 30.1 Å². The predicted octanol–water partition coefficient (Wildman–Crippen LogP) is 9.88. The van der Waals surface area contributed by atoms with E-state index in [9.17, 15) is 36.3 Å². The van der Waals surface area contributed by atoms with Crippen molar-refractivity contribution in [2.24, 2.45) is 5.92 Å². The summed E-state index contributed by atoms with van der Waals surface area (Å²) in [6.07, 6.45) is -6.25. The maximum Gasteiger partial charge on any atom is 0.419 e. The fraction of sp³-hybridized carbons (Fsp3) is 0.364. The fourth-order valence-electron chi connectivity index (χ4n) is 5.13. The lowest BCUT2D eigenvalue weighted by atomic mass is 10.0. The summed E-state index contributed by atoms with van der Waals surface area (Å²) in [6.45, 7) is 6.41. The minimum absolute atomic E-state index is 0.0249. The topological polar surface area (TPSA) is 75.7 Å². The van der Waals surface area contributed by atoms with Crippen molar-refractivity contribution in [1.29, 1.82) is 0 Å². The van der Waals surface area contributed by atoms with Gasteiger partial charge in [0.25, 0.3) is 0 Å². The molecule has 0 spiro atoms. The number of nitrogens with zero attached hydrogens (tertiary/aromatic N) is 1.